The molecule has 0 amide bonds. The van der Waals surface area contributed by atoms with Crippen molar-refractivity contribution in [3.63, 3.8) is 0 Å². The minimum Gasteiger partial charge on any atom is -0.306 e. The molecule has 0 unspecified atom stereocenters. The number of hydrogen-bond donors (Lipinski definition) is 1. The first-order valence-electron chi connectivity index (χ1n) is 6.39. The van der Waals surface area contributed by atoms with Gasteiger partial charge in [0.1, 0.15) is 0 Å². The molecule has 0 aliphatic rings. The molecule has 4 nitrogen and oxygen atoms in total. The highest BCUT2D eigenvalue weighted by Crippen LogP contribution is 2.24. The molecule has 0 heterocycles. The molecule has 2 aromatic rings. The van der Waals surface area contributed by atoms with Gasteiger partial charge in [0, 0.05) is 33.7 Å². The van der Waals surface area contributed by atoms with Crippen LogP contribution in [-0.4, -0.2) is 4.92 Å². The Morgan fingerprint density at radius 3 is 2.76 bits per heavy atom. The van der Waals surface area contributed by atoms with E-state index in [1.54, 1.807) is 6.07 Å². The number of nitro groups is 1. The molecule has 21 heavy (non-hydrogen) atoms. The number of rotatable bonds is 5. The maximum Gasteiger partial charge on any atom is 0.273 e. The van der Waals surface area contributed by atoms with Gasteiger partial charge in [-0.2, -0.15) is 0 Å². The zero-order valence-corrected chi connectivity index (χ0v) is 13.7. The van der Waals surface area contributed by atoms with E-state index in [-0.39, 0.29) is 11.7 Å². The highest BCUT2D eigenvalue weighted by molar-refractivity contribution is 9.10. The van der Waals surface area contributed by atoms with Crippen molar-refractivity contribution in [1.82, 2.24) is 5.32 Å². The van der Waals surface area contributed by atoms with Crippen LogP contribution in [0, 0.1) is 10.1 Å². The summed E-state index contributed by atoms with van der Waals surface area (Å²) in [5.41, 5.74) is 1.76. The van der Waals surface area contributed by atoms with Gasteiger partial charge in [0.25, 0.3) is 5.69 Å². The van der Waals surface area contributed by atoms with E-state index in [0.717, 1.165) is 10.0 Å². The standard InChI is InChI=1S/C15H14BrClN2O2/c1-10(11-3-2-4-13(16)7-11)18-9-12-8-14(17)5-6-15(12)19(20)21/h2-8,10,18H,9H2,1H3/t10-/m1/s1. The maximum atomic E-state index is 11.0. The van der Waals surface area contributed by atoms with Gasteiger partial charge in [0.2, 0.25) is 0 Å². The van der Waals surface area contributed by atoms with Crippen LogP contribution in [-0.2, 0) is 6.54 Å². The number of benzene rings is 2. The van der Waals surface area contributed by atoms with Crippen molar-refractivity contribution in [1.29, 1.82) is 0 Å². The molecule has 110 valence electrons. The normalized spacial score (nSPS) is 12.1. The van der Waals surface area contributed by atoms with E-state index >= 15 is 0 Å². The predicted octanol–water partition coefficient (Wildman–Crippen LogP) is 4.86. The lowest BCUT2D eigenvalue weighted by Crippen LogP contribution is -2.18. The summed E-state index contributed by atoms with van der Waals surface area (Å²) >= 11 is 9.35. The summed E-state index contributed by atoms with van der Waals surface area (Å²) in [4.78, 5) is 10.6. The third-order valence-corrected chi connectivity index (χ3v) is 3.91. The molecule has 0 saturated carbocycles. The van der Waals surface area contributed by atoms with E-state index in [0.29, 0.717) is 17.1 Å². The number of nitrogens with zero attached hydrogens (tertiary/aromatic N) is 1. The quantitative estimate of drug-likeness (QED) is 0.605. The first-order valence-corrected chi connectivity index (χ1v) is 7.56. The third-order valence-electron chi connectivity index (χ3n) is 3.19. The van der Waals surface area contributed by atoms with E-state index in [4.69, 9.17) is 11.6 Å². The van der Waals surface area contributed by atoms with Crippen LogP contribution in [0.5, 0.6) is 0 Å². The summed E-state index contributed by atoms with van der Waals surface area (Å²) in [5.74, 6) is 0. The van der Waals surface area contributed by atoms with Gasteiger partial charge < -0.3 is 5.32 Å². The van der Waals surface area contributed by atoms with E-state index in [9.17, 15) is 10.1 Å². The summed E-state index contributed by atoms with van der Waals surface area (Å²) in [6.07, 6.45) is 0. The lowest BCUT2D eigenvalue weighted by atomic mass is 10.1. The Morgan fingerprint density at radius 1 is 1.33 bits per heavy atom. The van der Waals surface area contributed by atoms with Crippen LogP contribution < -0.4 is 5.32 Å². The molecule has 0 aromatic heterocycles. The number of hydrogen-bond acceptors (Lipinski definition) is 3. The molecule has 0 aliphatic carbocycles. The Hall–Kier alpha value is -1.43. The maximum absolute atomic E-state index is 11.0. The van der Waals surface area contributed by atoms with Crippen LogP contribution in [0.3, 0.4) is 0 Å². The molecule has 0 aliphatic heterocycles. The summed E-state index contributed by atoms with van der Waals surface area (Å²) in [7, 11) is 0. The van der Waals surface area contributed by atoms with Gasteiger partial charge in [-0.25, -0.2) is 0 Å². The van der Waals surface area contributed by atoms with Crippen LogP contribution in [0.15, 0.2) is 46.9 Å². The molecular formula is C15H14BrClN2O2. The molecule has 0 bridgehead atoms. The second-order valence-electron chi connectivity index (χ2n) is 4.69. The lowest BCUT2D eigenvalue weighted by Gasteiger charge is -2.15. The van der Waals surface area contributed by atoms with Gasteiger partial charge >= 0.3 is 0 Å². The van der Waals surface area contributed by atoms with Crippen molar-refractivity contribution in [2.75, 3.05) is 0 Å². The third kappa shape index (κ3) is 4.27. The van der Waals surface area contributed by atoms with Gasteiger partial charge in [-0.1, -0.05) is 39.7 Å². The van der Waals surface area contributed by atoms with Crippen molar-refractivity contribution >= 4 is 33.2 Å². The fourth-order valence-corrected chi connectivity index (χ4v) is 2.64. The van der Waals surface area contributed by atoms with E-state index in [2.05, 4.69) is 21.2 Å². The molecule has 0 fully saturated rings. The first kappa shape index (κ1) is 15.9. The Kier molecular flexibility index (Phi) is 5.33. The second-order valence-corrected chi connectivity index (χ2v) is 6.04. The first-order chi connectivity index (χ1) is 9.97. The van der Waals surface area contributed by atoms with Gasteiger partial charge in [-0.15, -0.1) is 0 Å². The van der Waals surface area contributed by atoms with Crippen LogP contribution >= 0.6 is 27.5 Å². The number of halogens is 2. The molecular weight excluding hydrogens is 356 g/mol. The monoisotopic (exact) mass is 368 g/mol. The molecule has 6 heteroatoms. The molecule has 1 atom stereocenters. The largest absolute Gasteiger partial charge is 0.306 e. The van der Waals surface area contributed by atoms with Crippen LogP contribution in [0.4, 0.5) is 5.69 Å². The highest BCUT2D eigenvalue weighted by Gasteiger charge is 2.15. The Labute approximate surface area is 136 Å². The number of nitrogens with one attached hydrogen (secondary N) is 1. The van der Waals surface area contributed by atoms with Gasteiger partial charge in [-0.05, 0) is 36.8 Å². The van der Waals surface area contributed by atoms with E-state index in [1.165, 1.54) is 12.1 Å². The van der Waals surface area contributed by atoms with Crippen LogP contribution in [0.1, 0.15) is 24.1 Å². The SMILES string of the molecule is C[C@@H](NCc1cc(Cl)ccc1[N+](=O)[O-])c1cccc(Br)c1. The average Bonchev–Trinajstić information content (AvgIpc) is 2.44. The fraction of sp³-hybridized carbons (Fsp3) is 0.200. The average molecular weight is 370 g/mol. The summed E-state index contributed by atoms with van der Waals surface area (Å²) < 4.78 is 1.00. The molecule has 0 spiro atoms. The van der Waals surface area contributed by atoms with Gasteiger partial charge in [-0.3, -0.25) is 10.1 Å². The van der Waals surface area contributed by atoms with Crippen molar-refractivity contribution < 1.29 is 4.92 Å². The highest BCUT2D eigenvalue weighted by atomic mass is 79.9. The van der Waals surface area contributed by atoms with Crippen LogP contribution in [0.2, 0.25) is 5.02 Å². The second kappa shape index (κ2) is 7.02. The molecule has 1 N–H and O–H groups in total. The van der Waals surface area contributed by atoms with E-state index in [1.807, 2.05) is 31.2 Å². The summed E-state index contributed by atoms with van der Waals surface area (Å²) in [6.45, 7) is 2.39. The van der Waals surface area contributed by atoms with E-state index < -0.39 is 4.92 Å². The predicted molar refractivity (Wildman–Crippen MR) is 87.5 cm³/mol. The zero-order chi connectivity index (χ0) is 15.4. The summed E-state index contributed by atoms with van der Waals surface area (Å²) in [6, 6.07) is 12.6. The van der Waals surface area contributed by atoms with Crippen molar-refractivity contribution in [2.24, 2.45) is 0 Å². The Balaban J connectivity index is 2.12. The van der Waals surface area contributed by atoms with Crippen molar-refractivity contribution in [2.45, 2.75) is 19.5 Å². The Morgan fingerprint density at radius 2 is 2.10 bits per heavy atom. The minimum absolute atomic E-state index is 0.0704. The van der Waals surface area contributed by atoms with Crippen molar-refractivity contribution in [3.8, 4) is 0 Å². The van der Waals surface area contributed by atoms with Gasteiger partial charge in [0.15, 0.2) is 0 Å². The molecule has 2 aromatic carbocycles. The minimum atomic E-state index is -0.392. The summed E-state index contributed by atoms with van der Waals surface area (Å²) in [5, 5.41) is 14.8. The molecule has 0 radical (unpaired) electrons. The topological polar surface area (TPSA) is 55.2 Å². The van der Waals surface area contributed by atoms with Crippen molar-refractivity contribution in [3.05, 3.63) is 73.2 Å². The zero-order valence-electron chi connectivity index (χ0n) is 11.3. The Bertz CT molecular complexity index is 664. The fourth-order valence-electron chi connectivity index (χ4n) is 2.03. The lowest BCUT2D eigenvalue weighted by molar-refractivity contribution is -0.385. The number of nitro benzene ring substituents is 1. The van der Waals surface area contributed by atoms with Crippen LogP contribution in [0.25, 0.3) is 0 Å². The molecule has 2 rings (SSSR count). The van der Waals surface area contributed by atoms with Gasteiger partial charge in [0.05, 0.1) is 4.92 Å². The molecule has 0 saturated heterocycles. The smallest absolute Gasteiger partial charge is 0.273 e.